The summed E-state index contributed by atoms with van der Waals surface area (Å²) in [6.07, 6.45) is 3.35. The first-order valence-electron chi connectivity index (χ1n) is 7.80. The number of nitrogens with zero attached hydrogens (tertiary/aromatic N) is 1. The highest BCUT2D eigenvalue weighted by Crippen LogP contribution is 2.24. The Balaban J connectivity index is 1.98. The highest BCUT2D eigenvalue weighted by molar-refractivity contribution is 7.88. The maximum Gasteiger partial charge on any atom is 0.315 e. The highest BCUT2D eigenvalue weighted by Gasteiger charge is 2.31. The minimum absolute atomic E-state index is 0.184. The number of carbonyl (C=O) groups excluding carboxylic acids is 1. The smallest absolute Gasteiger partial charge is 0.315 e. The third-order valence-corrected chi connectivity index (χ3v) is 4.95. The Kier molecular flexibility index (Phi) is 6.01. The van der Waals surface area contributed by atoms with Crippen LogP contribution in [0.25, 0.3) is 0 Å². The van der Waals surface area contributed by atoms with Crippen LogP contribution >= 0.6 is 0 Å². The van der Waals surface area contributed by atoms with E-state index in [-0.39, 0.29) is 6.54 Å². The summed E-state index contributed by atoms with van der Waals surface area (Å²) in [5.74, 6) is 0.239. The second-order valence-electron chi connectivity index (χ2n) is 5.70. The van der Waals surface area contributed by atoms with Crippen LogP contribution in [0, 0.1) is 5.92 Å². The van der Waals surface area contributed by atoms with Crippen molar-refractivity contribution in [3.63, 3.8) is 0 Å². The van der Waals surface area contributed by atoms with Crippen LogP contribution in [0.1, 0.15) is 26.2 Å². The van der Waals surface area contributed by atoms with Gasteiger partial charge < -0.3 is 9.47 Å². The summed E-state index contributed by atoms with van der Waals surface area (Å²) in [5, 5.41) is 0. The van der Waals surface area contributed by atoms with Crippen molar-refractivity contribution in [2.45, 2.75) is 26.2 Å². The van der Waals surface area contributed by atoms with Gasteiger partial charge in [0, 0.05) is 19.2 Å². The van der Waals surface area contributed by atoms with E-state index in [9.17, 15) is 13.2 Å². The van der Waals surface area contributed by atoms with E-state index in [0.29, 0.717) is 37.5 Å². The zero-order valence-corrected chi connectivity index (χ0v) is 14.3. The number of benzene rings is 1. The molecule has 0 aromatic heterocycles. The van der Waals surface area contributed by atoms with Gasteiger partial charge in [0.05, 0.1) is 18.8 Å². The van der Waals surface area contributed by atoms with Crippen molar-refractivity contribution in [1.29, 1.82) is 0 Å². The topological polar surface area (TPSA) is 72.9 Å². The lowest BCUT2D eigenvalue weighted by atomic mass is 10.00. The van der Waals surface area contributed by atoms with E-state index in [2.05, 4.69) is 0 Å². The molecule has 0 amide bonds. The van der Waals surface area contributed by atoms with Gasteiger partial charge in [0.1, 0.15) is 11.5 Å². The molecule has 6 nitrogen and oxygen atoms in total. The number of carbonyl (C=O) groups is 1. The molecule has 1 aromatic rings. The summed E-state index contributed by atoms with van der Waals surface area (Å²) in [4.78, 5) is 12.3. The number of piperidine rings is 1. The van der Waals surface area contributed by atoms with E-state index in [0.717, 1.165) is 12.7 Å². The molecule has 0 unspecified atom stereocenters. The Bertz CT molecular complexity index is 644. The second kappa shape index (κ2) is 7.79. The van der Waals surface area contributed by atoms with Gasteiger partial charge in [-0.1, -0.05) is 13.0 Å². The van der Waals surface area contributed by atoms with Crippen LogP contribution < -0.4 is 9.47 Å². The number of sulfonamides is 1. The first-order chi connectivity index (χ1) is 10.9. The van der Waals surface area contributed by atoms with Crippen molar-refractivity contribution < 1.29 is 22.7 Å². The van der Waals surface area contributed by atoms with Crippen LogP contribution in [0.5, 0.6) is 11.5 Å². The number of rotatable bonds is 6. The monoisotopic (exact) mass is 341 g/mol. The fourth-order valence-electron chi connectivity index (χ4n) is 2.48. The normalized spacial score (nSPS) is 19.3. The minimum atomic E-state index is -3.28. The summed E-state index contributed by atoms with van der Waals surface area (Å²) in [5.41, 5.74) is 0. The molecule has 0 spiro atoms. The number of esters is 1. The van der Waals surface area contributed by atoms with Crippen molar-refractivity contribution in [3.8, 4) is 11.5 Å². The van der Waals surface area contributed by atoms with E-state index in [1.165, 1.54) is 4.31 Å². The average Bonchev–Trinajstić information content (AvgIpc) is 2.52. The Morgan fingerprint density at radius 1 is 1.35 bits per heavy atom. The van der Waals surface area contributed by atoms with Gasteiger partial charge in [-0.3, -0.25) is 4.79 Å². The Morgan fingerprint density at radius 2 is 2.09 bits per heavy atom. The van der Waals surface area contributed by atoms with E-state index in [1.807, 2.05) is 6.92 Å². The summed E-state index contributed by atoms with van der Waals surface area (Å²) >= 11 is 0. The summed E-state index contributed by atoms with van der Waals surface area (Å²) in [6.45, 7) is 3.26. The molecule has 1 aromatic carbocycles. The zero-order chi connectivity index (χ0) is 16.9. The number of hydrogen-bond acceptors (Lipinski definition) is 5. The van der Waals surface area contributed by atoms with Crippen LogP contribution in [0.3, 0.4) is 0 Å². The van der Waals surface area contributed by atoms with Gasteiger partial charge in [-0.05, 0) is 31.4 Å². The molecule has 0 N–H and O–H groups in total. The summed E-state index contributed by atoms with van der Waals surface area (Å²) < 4.78 is 35.5. The SMILES string of the molecule is CCCOc1cccc(OC(=O)[C@H]2CCCN(S(C)(=O)=O)C2)c1. The van der Waals surface area contributed by atoms with Gasteiger partial charge in [-0.25, -0.2) is 12.7 Å². The lowest BCUT2D eigenvalue weighted by molar-refractivity contribution is -0.140. The molecular weight excluding hydrogens is 318 g/mol. The molecule has 0 aliphatic carbocycles. The molecule has 23 heavy (non-hydrogen) atoms. The molecule has 1 fully saturated rings. The van der Waals surface area contributed by atoms with Gasteiger partial charge in [0.25, 0.3) is 0 Å². The second-order valence-corrected chi connectivity index (χ2v) is 7.69. The lowest BCUT2D eigenvalue weighted by Gasteiger charge is -2.29. The predicted octanol–water partition coefficient (Wildman–Crippen LogP) is 2.05. The predicted molar refractivity (Wildman–Crippen MR) is 87.0 cm³/mol. The van der Waals surface area contributed by atoms with Crippen LogP contribution in [0.2, 0.25) is 0 Å². The quantitative estimate of drug-likeness (QED) is 0.585. The third kappa shape index (κ3) is 5.21. The molecule has 1 aliphatic rings. The van der Waals surface area contributed by atoms with Gasteiger partial charge in [0.2, 0.25) is 10.0 Å². The van der Waals surface area contributed by atoms with Gasteiger partial charge in [-0.2, -0.15) is 0 Å². The molecule has 128 valence electrons. The van der Waals surface area contributed by atoms with Crippen molar-refractivity contribution in [3.05, 3.63) is 24.3 Å². The van der Waals surface area contributed by atoms with Crippen molar-refractivity contribution in [2.75, 3.05) is 26.0 Å². The molecule has 1 saturated heterocycles. The zero-order valence-electron chi connectivity index (χ0n) is 13.5. The fourth-order valence-corrected chi connectivity index (χ4v) is 3.39. The average molecular weight is 341 g/mol. The molecule has 1 atom stereocenters. The Labute approximate surface area is 137 Å². The van der Waals surface area contributed by atoms with Gasteiger partial charge >= 0.3 is 5.97 Å². The first kappa shape index (κ1) is 17.7. The third-order valence-electron chi connectivity index (χ3n) is 3.68. The minimum Gasteiger partial charge on any atom is -0.493 e. The number of ether oxygens (including phenoxy) is 2. The van der Waals surface area contributed by atoms with E-state index in [4.69, 9.17) is 9.47 Å². The Morgan fingerprint density at radius 3 is 2.78 bits per heavy atom. The van der Waals surface area contributed by atoms with Crippen LogP contribution in [0.15, 0.2) is 24.3 Å². The summed E-state index contributed by atoms with van der Waals surface area (Å²) in [7, 11) is -3.28. The maximum atomic E-state index is 12.3. The van der Waals surface area contributed by atoms with Crippen LogP contribution in [-0.2, 0) is 14.8 Å². The van der Waals surface area contributed by atoms with Crippen LogP contribution in [-0.4, -0.2) is 44.6 Å². The number of hydrogen-bond donors (Lipinski definition) is 0. The van der Waals surface area contributed by atoms with Crippen molar-refractivity contribution in [1.82, 2.24) is 4.31 Å². The highest BCUT2D eigenvalue weighted by atomic mass is 32.2. The molecule has 0 saturated carbocycles. The van der Waals surface area contributed by atoms with Crippen molar-refractivity contribution >= 4 is 16.0 Å². The maximum absolute atomic E-state index is 12.3. The molecule has 0 bridgehead atoms. The molecule has 1 aliphatic heterocycles. The molecule has 0 radical (unpaired) electrons. The van der Waals surface area contributed by atoms with E-state index in [1.54, 1.807) is 24.3 Å². The molecule has 2 rings (SSSR count). The van der Waals surface area contributed by atoms with Gasteiger partial charge in [0.15, 0.2) is 0 Å². The van der Waals surface area contributed by atoms with Gasteiger partial charge in [-0.15, -0.1) is 0 Å². The van der Waals surface area contributed by atoms with Crippen LogP contribution in [0.4, 0.5) is 0 Å². The Hall–Kier alpha value is -1.60. The lowest BCUT2D eigenvalue weighted by Crippen LogP contribution is -2.42. The fraction of sp³-hybridized carbons (Fsp3) is 0.562. The standard InChI is InChI=1S/C16H23NO5S/c1-3-10-21-14-7-4-8-15(11-14)22-16(18)13-6-5-9-17(12-13)23(2,19)20/h4,7-8,11,13H,3,5-6,9-10,12H2,1-2H3/t13-/m0/s1. The van der Waals surface area contributed by atoms with Crippen molar-refractivity contribution in [2.24, 2.45) is 5.92 Å². The molecule has 7 heteroatoms. The molecular formula is C16H23NO5S. The summed E-state index contributed by atoms with van der Waals surface area (Å²) in [6, 6.07) is 6.93. The van der Waals surface area contributed by atoms with E-state index >= 15 is 0 Å². The molecule has 1 heterocycles. The van der Waals surface area contributed by atoms with E-state index < -0.39 is 21.9 Å². The largest absolute Gasteiger partial charge is 0.493 e. The first-order valence-corrected chi connectivity index (χ1v) is 9.64.